The van der Waals surface area contributed by atoms with Crippen molar-refractivity contribution in [3.8, 4) is 5.75 Å². The summed E-state index contributed by atoms with van der Waals surface area (Å²) in [6.45, 7) is 8.40. The highest BCUT2D eigenvalue weighted by molar-refractivity contribution is 9.11. The van der Waals surface area contributed by atoms with E-state index in [4.69, 9.17) is 4.74 Å². The van der Waals surface area contributed by atoms with Crippen LogP contribution in [0.15, 0.2) is 21.1 Å². The summed E-state index contributed by atoms with van der Waals surface area (Å²) < 4.78 is 8.07. The van der Waals surface area contributed by atoms with Gasteiger partial charge in [-0.3, -0.25) is 0 Å². The maximum absolute atomic E-state index is 6.04. The molecule has 0 saturated heterocycles. The molecular weight excluding hydrogens is 370 g/mol. The molecule has 0 unspecified atom stereocenters. The van der Waals surface area contributed by atoms with Gasteiger partial charge in [0.05, 0.1) is 15.0 Å². The molecule has 0 bridgehead atoms. The lowest BCUT2D eigenvalue weighted by Gasteiger charge is -2.19. The minimum absolute atomic E-state index is 0.275. The van der Waals surface area contributed by atoms with Crippen LogP contribution in [0, 0.1) is 0 Å². The zero-order chi connectivity index (χ0) is 14.3. The molecule has 0 aliphatic rings. The molecule has 0 amide bonds. The van der Waals surface area contributed by atoms with Crippen molar-refractivity contribution in [2.75, 3.05) is 6.54 Å². The summed E-state index contributed by atoms with van der Waals surface area (Å²) in [6.07, 6.45) is 3.47. The fraction of sp³-hybridized carbons (Fsp3) is 0.600. The lowest BCUT2D eigenvalue weighted by Crippen LogP contribution is -2.15. The number of benzene rings is 1. The molecule has 1 aromatic rings. The molecule has 1 N–H and O–H groups in total. The van der Waals surface area contributed by atoms with E-state index in [-0.39, 0.29) is 6.10 Å². The molecule has 19 heavy (non-hydrogen) atoms. The Balaban J connectivity index is 2.79. The van der Waals surface area contributed by atoms with Crippen LogP contribution in [-0.2, 0) is 6.54 Å². The van der Waals surface area contributed by atoms with Crippen LogP contribution in [0.25, 0.3) is 0 Å². The first-order valence-corrected chi connectivity index (χ1v) is 8.56. The Morgan fingerprint density at radius 3 is 2.16 bits per heavy atom. The van der Waals surface area contributed by atoms with Gasteiger partial charge >= 0.3 is 0 Å². The summed E-state index contributed by atoms with van der Waals surface area (Å²) in [5, 5.41) is 3.41. The summed E-state index contributed by atoms with van der Waals surface area (Å²) in [4.78, 5) is 0. The summed E-state index contributed by atoms with van der Waals surface area (Å²) >= 11 is 7.22. The summed E-state index contributed by atoms with van der Waals surface area (Å²) in [7, 11) is 0. The van der Waals surface area contributed by atoms with Gasteiger partial charge in [0.1, 0.15) is 5.75 Å². The topological polar surface area (TPSA) is 21.3 Å². The number of rotatable bonds is 8. The van der Waals surface area contributed by atoms with Crippen LogP contribution in [0.2, 0.25) is 0 Å². The Kier molecular flexibility index (Phi) is 8.03. The molecule has 0 atom stereocenters. The second kappa shape index (κ2) is 8.98. The molecular formula is C15H23Br2NO. The minimum Gasteiger partial charge on any atom is -0.488 e. The SMILES string of the molecule is CCCNCc1cc(Br)c(OC(CC)CC)c(Br)c1. The molecule has 0 aromatic heterocycles. The van der Waals surface area contributed by atoms with Crippen LogP contribution in [-0.4, -0.2) is 12.6 Å². The van der Waals surface area contributed by atoms with E-state index in [2.05, 4.69) is 70.1 Å². The van der Waals surface area contributed by atoms with E-state index >= 15 is 0 Å². The van der Waals surface area contributed by atoms with Gasteiger partial charge in [-0.15, -0.1) is 0 Å². The van der Waals surface area contributed by atoms with Gasteiger partial charge in [0.25, 0.3) is 0 Å². The predicted octanol–water partition coefficient (Wildman–Crippen LogP) is 5.28. The highest BCUT2D eigenvalue weighted by Crippen LogP contribution is 2.36. The Labute approximate surface area is 133 Å². The lowest BCUT2D eigenvalue weighted by molar-refractivity contribution is 0.190. The number of ether oxygens (including phenoxy) is 1. The van der Waals surface area contributed by atoms with Crippen LogP contribution in [0.5, 0.6) is 5.75 Å². The van der Waals surface area contributed by atoms with Gasteiger partial charge in [-0.05, 0) is 75.4 Å². The van der Waals surface area contributed by atoms with Crippen molar-refractivity contribution in [1.29, 1.82) is 0 Å². The summed E-state index contributed by atoms with van der Waals surface area (Å²) in [6, 6.07) is 4.26. The van der Waals surface area contributed by atoms with Gasteiger partial charge < -0.3 is 10.1 Å². The van der Waals surface area contributed by atoms with Crippen molar-refractivity contribution >= 4 is 31.9 Å². The standard InChI is InChI=1S/C15H23Br2NO/c1-4-7-18-10-11-8-13(16)15(14(17)9-11)19-12(5-2)6-3/h8-9,12,18H,4-7,10H2,1-3H3. The monoisotopic (exact) mass is 391 g/mol. The van der Waals surface area contributed by atoms with E-state index in [9.17, 15) is 0 Å². The zero-order valence-corrected chi connectivity index (χ0v) is 15.1. The Morgan fingerprint density at radius 2 is 1.68 bits per heavy atom. The molecule has 0 radical (unpaired) electrons. The van der Waals surface area contributed by atoms with Gasteiger partial charge in [-0.25, -0.2) is 0 Å². The Hall–Kier alpha value is -0.0600. The molecule has 0 fully saturated rings. The number of hydrogen-bond acceptors (Lipinski definition) is 2. The molecule has 0 saturated carbocycles. The quantitative estimate of drug-likeness (QED) is 0.607. The van der Waals surface area contributed by atoms with Crippen molar-refractivity contribution in [2.24, 2.45) is 0 Å². The van der Waals surface area contributed by atoms with E-state index in [1.165, 1.54) is 5.56 Å². The van der Waals surface area contributed by atoms with Crippen LogP contribution in [0.4, 0.5) is 0 Å². The van der Waals surface area contributed by atoms with E-state index < -0.39 is 0 Å². The Bertz CT molecular complexity index is 369. The molecule has 0 heterocycles. The second-order valence-corrected chi connectivity index (χ2v) is 6.33. The Morgan fingerprint density at radius 1 is 1.11 bits per heavy atom. The van der Waals surface area contributed by atoms with Gasteiger partial charge in [-0.2, -0.15) is 0 Å². The van der Waals surface area contributed by atoms with Crippen molar-refractivity contribution < 1.29 is 4.74 Å². The average Bonchev–Trinajstić information content (AvgIpc) is 2.39. The van der Waals surface area contributed by atoms with Crippen LogP contribution in [0.3, 0.4) is 0 Å². The molecule has 2 nitrogen and oxygen atoms in total. The molecule has 0 spiro atoms. The van der Waals surface area contributed by atoms with Crippen molar-refractivity contribution in [1.82, 2.24) is 5.32 Å². The third-order valence-electron chi connectivity index (χ3n) is 3.01. The van der Waals surface area contributed by atoms with Crippen LogP contribution < -0.4 is 10.1 Å². The van der Waals surface area contributed by atoms with Crippen LogP contribution in [0.1, 0.15) is 45.6 Å². The lowest BCUT2D eigenvalue weighted by atomic mass is 10.2. The maximum atomic E-state index is 6.04. The van der Waals surface area contributed by atoms with E-state index in [0.29, 0.717) is 0 Å². The third-order valence-corrected chi connectivity index (χ3v) is 4.19. The predicted molar refractivity (Wildman–Crippen MR) is 88.8 cm³/mol. The van der Waals surface area contributed by atoms with Crippen LogP contribution >= 0.6 is 31.9 Å². The fourth-order valence-electron chi connectivity index (χ4n) is 1.86. The molecule has 0 aliphatic carbocycles. The molecule has 1 aromatic carbocycles. The number of nitrogens with one attached hydrogen (secondary N) is 1. The van der Waals surface area contributed by atoms with Gasteiger partial charge in [0, 0.05) is 6.54 Å². The van der Waals surface area contributed by atoms with Crippen molar-refractivity contribution in [2.45, 2.75) is 52.7 Å². The molecule has 0 aliphatic heterocycles. The van der Waals surface area contributed by atoms with Crippen molar-refractivity contribution in [3.05, 3.63) is 26.6 Å². The first kappa shape index (κ1) is 17.0. The summed E-state index contributed by atoms with van der Waals surface area (Å²) in [5.74, 6) is 0.910. The molecule has 4 heteroatoms. The van der Waals surface area contributed by atoms with E-state index in [1.54, 1.807) is 0 Å². The van der Waals surface area contributed by atoms with Gasteiger partial charge in [-0.1, -0.05) is 20.8 Å². The largest absolute Gasteiger partial charge is 0.488 e. The third kappa shape index (κ3) is 5.44. The van der Waals surface area contributed by atoms with Gasteiger partial charge in [0.2, 0.25) is 0 Å². The first-order chi connectivity index (χ1) is 9.12. The second-order valence-electron chi connectivity index (χ2n) is 4.62. The molecule has 1 rings (SSSR count). The minimum atomic E-state index is 0.275. The maximum Gasteiger partial charge on any atom is 0.148 e. The fourth-order valence-corrected chi connectivity index (χ4v) is 3.33. The van der Waals surface area contributed by atoms with E-state index in [0.717, 1.165) is 47.0 Å². The molecule has 108 valence electrons. The van der Waals surface area contributed by atoms with Gasteiger partial charge in [0.15, 0.2) is 0 Å². The number of hydrogen-bond donors (Lipinski definition) is 1. The summed E-state index contributed by atoms with van der Waals surface area (Å²) in [5.41, 5.74) is 1.25. The normalized spacial score (nSPS) is 11.1. The van der Waals surface area contributed by atoms with Crippen molar-refractivity contribution in [3.63, 3.8) is 0 Å². The first-order valence-electron chi connectivity index (χ1n) is 6.97. The van der Waals surface area contributed by atoms with E-state index in [1.807, 2.05) is 0 Å². The smallest absolute Gasteiger partial charge is 0.148 e. The average molecular weight is 393 g/mol. The zero-order valence-electron chi connectivity index (χ0n) is 11.9. The number of halogens is 2. The highest BCUT2D eigenvalue weighted by atomic mass is 79.9. The highest BCUT2D eigenvalue weighted by Gasteiger charge is 2.13.